The molecule has 0 aromatic carbocycles. The lowest BCUT2D eigenvalue weighted by atomic mass is 9.98. The van der Waals surface area contributed by atoms with Crippen LogP contribution in [0.2, 0.25) is 0 Å². The Kier molecular flexibility index (Phi) is 3.91. The van der Waals surface area contributed by atoms with Crippen LogP contribution in [0.15, 0.2) is 12.4 Å². The number of rotatable bonds is 5. The topological polar surface area (TPSA) is 109 Å². The minimum Gasteiger partial charge on any atom is -0.480 e. The number of nitrogens with zero attached hydrogens (tertiary/aromatic N) is 6. The largest absolute Gasteiger partial charge is 0.480 e. The molecule has 2 aromatic heterocycles. The van der Waals surface area contributed by atoms with Gasteiger partial charge in [-0.05, 0) is 29.2 Å². The van der Waals surface area contributed by atoms with Crippen molar-refractivity contribution < 1.29 is 9.90 Å². The van der Waals surface area contributed by atoms with Gasteiger partial charge in [0, 0.05) is 19.6 Å². The van der Waals surface area contributed by atoms with E-state index in [0.29, 0.717) is 18.1 Å². The molecule has 1 unspecified atom stereocenters. The lowest BCUT2D eigenvalue weighted by Crippen LogP contribution is -2.41. The van der Waals surface area contributed by atoms with Gasteiger partial charge in [-0.1, -0.05) is 0 Å². The summed E-state index contributed by atoms with van der Waals surface area (Å²) < 4.78 is 1.68. The van der Waals surface area contributed by atoms with Crippen LogP contribution in [0, 0.1) is 5.92 Å². The van der Waals surface area contributed by atoms with Gasteiger partial charge in [0.25, 0.3) is 0 Å². The summed E-state index contributed by atoms with van der Waals surface area (Å²) in [6.07, 6.45) is 5.52. The molecule has 9 heteroatoms. The van der Waals surface area contributed by atoms with Crippen molar-refractivity contribution in [3.63, 3.8) is 0 Å². The maximum Gasteiger partial charge on any atom is 0.317 e. The molecule has 1 atom stereocenters. The predicted molar refractivity (Wildman–Crippen MR) is 74.0 cm³/mol. The van der Waals surface area contributed by atoms with Gasteiger partial charge in [0.2, 0.25) is 0 Å². The summed E-state index contributed by atoms with van der Waals surface area (Å²) in [4.78, 5) is 16.9. The van der Waals surface area contributed by atoms with Crippen LogP contribution in [0.25, 0.3) is 5.65 Å². The van der Waals surface area contributed by atoms with Crippen molar-refractivity contribution in [1.82, 2.24) is 30.3 Å². The van der Waals surface area contributed by atoms with Crippen LogP contribution < -0.4 is 10.2 Å². The molecule has 1 fully saturated rings. The minimum absolute atomic E-state index is 0.000629. The maximum absolute atomic E-state index is 10.5. The van der Waals surface area contributed by atoms with Crippen LogP contribution in [0.3, 0.4) is 0 Å². The molecule has 2 N–H and O–H groups in total. The van der Waals surface area contributed by atoms with Crippen molar-refractivity contribution in [3.8, 4) is 0 Å². The van der Waals surface area contributed by atoms with E-state index in [1.165, 1.54) is 0 Å². The van der Waals surface area contributed by atoms with Gasteiger partial charge in [0.05, 0.1) is 18.9 Å². The Labute approximate surface area is 121 Å². The summed E-state index contributed by atoms with van der Waals surface area (Å²) in [6.45, 7) is 2.46. The highest BCUT2D eigenvalue weighted by Gasteiger charge is 2.22. The number of nitrogens with one attached hydrogen (secondary N) is 1. The highest BCUT2D eigenvalue weighted by molar-refractivity contribution is 5.68. The van der Waals surface area contributed by atoms with Crippen molar-refractivity contribution in [2.24, 2.45) is 5.92 Å². The monoisotopic (exact) mass is 291 g/mol. The molecule has 0 radical (unpaired) electrons. The van der Waals surface area contributed by atoms with Gasteiger partial charge in [-0.3, -0.25) is 9.78 Å². The molecule has 1 aliphatic rings. The maximum atomic E-state index is 10.5. The first kappa shape index (κ1) is 13.7. The molecule has 3 rings (SSSR count). The number of fused-ring (bicyclic) bond motifs is 1. The van der Waals surface area contributed by atoms with E-state index in [1.807, 2.05) is 0 Å². The SMILES string of the molecule is O=C(O)CNCC1CCCN(c2cncc3nnnn23)C1. The van der Waals surface area contributed by atoms with Gasteiger partial charge in [-0.2, -0.15) is 4.52 Å². The molecule has 2 aromatic rings. The van der Waals surface area contributed by atoms with E-state index in [0.717, 1.165) is 31.7 Å². The number of anilines is 1. The van der Waals surface area contributed by atoms with Crippen molar-refractivity contribution in [2.75, 3.05) is 31.1 Å². The highest BCUT2D eigenvalue weighted by Crippen LogP contribution is 2.22. The Morgan fingerprint density at radius 2 is 2.38 bits per heavy atom. The Balaban J connectivity index is 1.68. The molecule has 0 spiro atoms. The number of hydrogen-bond acceptors (Lipinski definition) is 7. The van der Waals surface area contributed by atoms with Crippen LogP contribution in [0.5, 0.6) is 0 Å². The highest BCUT2D eigenvalue weighted by atomic mass is 16.4. The normalized spacial score (nSPS) is 19.0. The van der Waals surface area contributed by atoms with Crippen LogP contribution in [-0.4, -0.2) is 62.3 Å². The lowest BCUT2D eigenvalue weighted by Gasteiger charge is -2.33. The molecule has 1 saturated heterocycles. The molecule has 112 valence electrons. The number of tetrazole rings is 1. The average Bonchev–Trinajstić information content (AvgIpc) is 2.95. The van der Waals surface area contributed by atoms with Crippen molar-refractivity contribution >= 4 is 17.4 Å². The van der Waals surface area contributed by atoms with E-state index in [9.17, 15) is 4.79 Å². The predicted octanol–water partition coefficient (Wildman–Crippen LogP) is -0.590. The van der Waals surface area contributed by atoms with E-state index >= 15 is 0 Å². The molecule has 9 nitrogen and oxygen atoms in total. The third kappa shape index (κ3) is 3.07. The average molecular weight is 291 g/mol. The zero-order valence-electron chi connectivity index (χ0n) is 11.5. The Morgan fingerprint density at radius 3 is 3.24 bits per heavy atom. The standard InChI is InChI=1S/C12H17N7O2/c20-12(21)7-13-4-9-2-1-3-18(8-9)11-6-14-5-10-15-16-17-19(10)11/h5-6,9,13H,1-4,7-8H2,(H,20,21). The first-order valence-electron chi connectivity index (χ1n) is 6.93. The molecular formula is C12H17N7O2. The number of carboxylic acid groups (broad SMARTS) is 1. The number of hydrogen-bond donors (Lipinski definition) is 2. The third-order valence-corrected chi connectivity index (χ3v) is 3.64. The molecule has 3 heterocycles. The molecule has 1 aliphatic heterocycles. The van der Waals surface area contributed by atoms with Crippen LogP contribution in [0.1, 0.15) is 12.8 Å². The molecule has 0 aliphatic carbocycles. The van der Waals surface area contributed by atoms with Gasteiger partial charge in [-0.25, -0.2) is 0 Å². The van der Waals surface area contributed by atoms with Crippen LogP contribution in [0.4, 0.5) is 5.82 Å². The number of carbonyl (C=O) groups is 1. The summed E-state index contributed by atoms with van der Waals surface area (Å²) in [5.41, 5.74) is 0.624. The molecule has 0 bridgehead atoms. The first-order valence-corrected chi connectivity index (χ1v) is 6.93. The number of aliphatic carboxylic acids is 1. The second kappa shape index (κ2) is 6.00. The minimum atomic E-state index is -0.828. The fourth-order valence-corrected chi connectivity index (χ4v) is 2.70. The van der Waals surface area contributed by atoms with Gasteiger partial charge in [0.15, 0.2) is 11.5 Å². The van der Waals surface area contributed by atoms with Crippen molar-refractivity contribution in [3.05, 3.63) is 12.4 Å². The van der Waals surface area contributed by atoms with Gasteiger partial charge < -0.3 is 15.3 Å². The Bertz CT molecular complexity index is 629. The first-order chi connectivity index (χ1) is 10.2. The van der Waals surface area contributed by atoms with Gasteiger partial charge in [-0.15, -0.1) is 5.10 Å². The smallest absolute Gasteiger partial charge is 0.317 e. The Hall–Kier alpha value is -2.29. The fourth-order valence-electron chi connectivity index (χ4n) is 2.70. The summed E-state index contributed by atoms with van der Waals surface area (Å²) in [7, 11) is 0. The summed E-state index contributed by atoms with van der Waals surface area (Å²) >= 11 is 0. The molecule has 0 amide bonds. The summed E-state index contributed by atoms with van der Waals surface area (Å²) in [6, 6.07) is 0. The number of carboxylic acids is 1. The quantitative estimate of drug-likeness (QED) is 0.752. The van der Waals surface area contributed by atoms with E-state index in [2.05, 4.69) is 30.7 Å². The second-order valence-electron chi connectivity index (χ2n) is 5.19. The molecule has 0 saturated carbocycles. The van der Waals surface area contributed by atoms with Gasteiger partial charge >= 0.3 is 5.97 Å². The second-order valence-corrected chi connectivity index (χ2v) is 5.19. The van der Waals surface area contributed by atoms with Crippen molar-refractivity contribution in [1.29, 1.82) is 0 Å². The van der Waals surface area contributed by atoms with Crippen LogP contribution >= 0.6 is 0 Å². The zero-order chi connectivity index (χ0) is 14.7. The van der Waals surface area contributed by atoms with E-state index in [-0.39, 0.29) is 6.54 Å². The number of piperidine rings is 1. The van der Waals surface area contributed by atoms with E-state index in [4.69, 9.17) is 5.11 Å². The third-order valence-electron chi connectivity index (χ3n) is 3.64. The molecular weight excluding hydrogens is 274 g/mol. The lowest BCUT2D eigenvalue weighted by molar-refractivity contribution is -0.136. The summed E-state index contributed by atoms with van der Waals surface area (Å²) in [5.74, 6) is 0.454. The van der Waals surface area contributed by atoms with E-state index in [1.54, 1.807) is 16.9 Å². The number of aromatic nitrogens is 5. The molecule has 21 heavy (non-hydrogen) atoms. The zero-order valence-corrected chi connectivity index (χ0v) is 11.5. The van der Waals surface area contributed by atoms with Crippen molar-refractivity contribution in [2.45, 2.75) is 12.8 Å². The van der Waals surface area contributed by atoms with Crippen LogP contribution in [-0.2, 0) is 4.79 Å². The van der Waals surface area contributed by atoms with E-state index < -0.39 is 5.97 Å². The summed E-state index contributed by atoms with van der Waals surface area (Å²) in [5, 5.41) is 23.2. The van der Waals surface area contributed by atoms with Gasteiger partial charge in [0.1, 0.15) is 0 Å². The Morgan fingerprint density at radius 1 is 1.48 bits per heavy atom. The fraction of sp³-hybridized carbons (Fsp3) is 0.583.